The van der Waals surface area contributed by atoms with Gasteiger partial charge in [0.25, 0.3) is 0 Å². The van der Waals surface area contributed by atoms with Crippen LogP contribution in [0.3, 0.4) is 0 Å². The van der Waals surface area contributed by atoms with Crippen LogP contribution >= 0.6 is 27.7 Å². The molecule has 1 saturated carbocycles. The predicted molar refractivity (Wildman–Crippen MR) is 147 cm³/mol. The molecule has 2 bridgehead atoms. The van der Waals surface area contributed by atoms with Crippen LogP contribution in [0.25, 0.3) is 0 Å². The lowest BCUT2D eigenvalue weighted by atomic mass is 9.70. The third-order valence-electron chi connectivity index (χ3n) is 8.73. The first-order valence-electron chi connectivity index (χ1n) is 13.3. The number of carbonyl (C=O) groups excluding carboxylic acids is 3. The molecule has 200 valence electrons. The predicted octanol–water partition coefficient (Wildman–Crippen LogP) is 3.21. The van der Waals surface area contributed by atoms with Gasteiger partial charge < -0.3 is 19.8 Å². The maximum atomic E-state index is 14.5. The van der Waals surface area contributed by atoms with E-state index in [1.165, 1.54) is 6.42 Å². The van der Waals surface area contributed by atoms with E-state index >= 15 is 0 Å². The Labute approximate surface area is 227 Å². The van der Waals surface area contributed by atoms with Gasteiger partial charge >= 0.3 is 0 Å². The van der Waals surface area contributed by atoms with Gasteiger partial charge in [-0.25, -0.2) is 0 Å². The molecule has 0 radical (unpaired) electrons. The van der Waals surface area contributed by atoms with Crippen molar-refractivity contribution >= 4 is 45.4 Å². The number of amides is 3. The van der Waals surface area contributed by atoms with Gasteiger partial charge in [-0.1, -0.05) is 54.3 Å². The number of halogens is 1. The number of alkyl halides is 1. The van der Waals surface area contributed by atoms with Gasteiger partial charge in [0.15, 0.2) is 0 Å². The maximum Gasteiger partial charge on any atom is 0.247 e. The van der Waals surface area contributed by atoms with Crippen LogP contribution in [0, 0.1) is 11.8 Å². The second kappa shape index (κ2) is 11.2. The van der Waals surface area contributed by atoms with Crippen LogP contribution in [0.15, 0.2) is 25.3 Å². The number of hydrogen-bond donors (Lipinski definition) is 1. The van der Waals surface area contributed by atoms with E-state index in [9.17, 15) is 19.5 Å². The monoisotopic (exact) mass is 581 g/mol. The molecular formula is C27H40BrN3O4S. The number of hydrogen-bond acceptors (Lipinski definition) is 5. The Balaban J connectivity index is 1.78. The highest BCUT2D eigenvalue weighted by Gasteiger charge is 2.76. The lowest BCUT2D eigenvalue weighted by molar-refractivity contribution is -0.147. The summed E-state index contributed by atoms with van der Waals surface area (Å²) < 4.78 is -0.695. The minimum atomic E-state index is -0.702. The number of likely N-dealkylation sites (tertiary alicyclic amines) is 1. The van der Waals surface area contributed by atoms with Gasteiger partial charge in [-0.2, -0.15) is 0 Å². The molecule has 7 atom stereocenters. The molecule has 4 aliphatic rings. The Kier molecular flexibility index (Phi) is 8.62. The van der Waals surface area contributed by atoms with Crippen LogP contribution in [0.5, 0.6) is 0 Å². The van der Waals surface area contributed by atoms with Gasteiger partial charge in [0.05, 0.1) is 29.2 Å². The molecule has 0 aromatic heterocycles. The third-order valence-corrected chi connectivity index (χ3v) is 11.9. The average Bonchev–Trinajstić information content (AvgIpc) is 3.47. The van der Waals surface area contributed by atoms with Crippen molar-refractivity contribution in [2.75, 3.05) is 26.7 Å². The van der Waals surface area contributed by atoms with Crippen molar-refractivity contribution in [1.29, 1.82) is 0 Å². The molecule has 4 fully saturated rings. The van der Waals surface area contributed by atoms with Gasteiger partial charge in [-0.05, 0) is 25.7 Å². The Morgan fingerprint density at radius 3 is 2.47 bits per heavy atom. The van der Waals surface area contributed by atoms with E-state index in [1.54, 1.807) is 40.8 Å². The molecule has 3 unspecified atom stereocenters. The number of nitrogens with zero attached hydrogens (tertiary/aromatic N) is 3. The summed E-state index contributed by atoms with van der Waals surface area (Å²) in [4.78, 5) is 47.7. The molecule has 7 nitrogen and oxygen atoms in total. The van der Waals surface area contributed by atoms with Crippen molar-refractivity contribution in [3.05, 3.63) is 25.3 Å². The number of likely N-dealkylation sites (N-methyl/N-ethyl adjacent to an activating group) is 1. The SMILES string of the molecule is C=CCN(C)C(=O)[C@H]1[C@@H]2SC3(CC2Br)C(C(=O)N(CC=C)C2CCCCC2)N([C@@H](CC)CO)C(=O)[C@H]13. The molecule has 3 heterocycles. The smallest absolute Gasteiger partial charge is 0.247 e. The number of aliphatic hydroxyl groups is 1. The molecule has 4 rings (SSSR count). The quantitative estimate of drug-likeness (QED) is 0.316. The number of fused-ring (bicyclic) bond motifs is 1. The lowest BCUT2D eigenvalue weighted by Gasteiger charge is -2.42. The van der Waals surface area contributed by atoms with Gasteiger partial charge in [0.2, 0.25) is 17.7 Å². The Morgan fingerprint density at radius 1 is 1.22 bits per heavy atom. The van der Waals surface area contributed by atoms with E-state index in [0.717, 1.165) is 25.7 Å². The highest BCUT2D eigenvalue weighted by molar-refractivity contribution is 9.09. The van der Waals surface area contributed by atoms with E-state index < -0.39 is 28.7 Å². The van der Waals surface area contributed by atoms with Gasteiger partial charge in [-0.15, -0.1) is 24.9 Å². The fourth-order valence-electron chi connectivity index (χ4n) is 7.08. The van der Waals surface area contributed by atoms with E-state index in [0.29, 0.717) is 25.9 Å². The molecule has 3 amide bonds. The van der Waals surface area contributed by atoms with Crippen molar-refractivity contribution in [2.24, 2.45) is 11.8 Å². The highest BCUT2D eigenvalue weighted by atomic mass is 79.9. The zero-order chi connectivity index (χ0) is 26.2. The first kappa shape index (κ1) is 27.7. The van der Waals surface area contributed by atoms with Crippen LogP contribution in [0.2, 0.25) is 0 Å². The van der Waals surface area contributed by atoms with E-state index in [-0.39, 0.29) is 40.4 Å². The minimum absolute atomic E-state index is 0.0321. The first-order valence-corrected chi connectivity index (χ1v) is 15.1. The molecule has 9 heteroatoms. The van der Waals surface area contributed by atoms with Crippen LogP contribution in [0.4, 0.5) is 0 Å². The van der Waals surface area contributed by atoms with Crippen molar-refractivity contribution in [2.45, 2.75) is 84.8 Å². The molecule has 1 aliphatic carbocycles. The molecule has 1 N–H and O–H groups in total. The van der Waals surface area contributed by atoms with E-state index in [1.807, 2.05) is 11.8 Å². The van der Waals surface area contributed by atoms with Crippen molar-refractivity contribution in [3.8, 4) is 0 Å². The van der Waals surface area contributed by atoms with Crippen molar-refractivity contribution in [1.82, 2.24) is 14.7 Å². The molecule has 3 aliphatic heterocycles. The fraction of sp³-hybridized carbons (Fsp3) is 0.741. The van der Waals surface area contributed by atoms with Crippen molar-refractivity contribution in [3.63, 3.8) is 0 Å². The molecule has 0 aromatic rings. The number of rotatable bonds is 10. The Morgan fingerprint density at radius 2 is 1.89 bits per heavy atom. The van der Waals surface area contributed by atoms with Crippen LogP contribution in [-0.2, 0) is 14.4 Å². The summed E-state index contributed by atoms with van der Waals surface area (Å²) in [7, 11) is 1.74. The summed E-state index contributed by atoms with van der Waals surface area (Å²) >= 11 is 5.48. The number of thioether (sulfide) groups is 1. The first-order chi connectivity index (χ1) is 17.3. The molecule has 0 aromatic carbocycles. The van der Waals surface area contributed by atoms with Crippen molar-refractivity contribution < 1.29 is 19.5 Å². The largest absolute Gasteiger partial charge is 0.394 e. The highest BCUT2D eigenvalue weighted by Crippen LogP contribution is 2.68. The molecule has 1 spiro atoms. The second-order valence-electron chi connectivity index (χ2n) is 10.7. The third kappa shape index (κ3) is 4.37. The van der Waals surface area contributed by atoms with Crippen LogP contribution in [-0.4, -0.2) is 97.2 Å². The lowest BCUT2D eigenvalue weighted by Crippen LogP contribution is -2.59. The summed E-state index contributed by atoms with van der Waals surface area (Å²) in [5, 5.41) is 10.2. The van der Waals surface area contributed by atoms with Crippen LogP contribution in [0.1, 0.15) is 51.9 Å². The molecule has 3 saturated heterocycles. The summed E-state index contributed by atoms with van der Waals surface area (Å²) in [6.45, 7) is 10.2. The van der Waals surface area contributed by atoms with E-state index in [2.05, 4.69) is 29.1 Å². The summed E-state index contributed by atoms with van der Waals surface area (Å²) in [5.41, 5.74) is 0. The zero-order valence-electron chi connectivity index (χ0n) is 21.5. The van der Waals surface area contributed by atoms with Gasteiger partial charge in [-0.3, -0.25) is 14.4 Å². The zero-order valence-corrected chi connectivity index (χ0v) is 23.9. The van der Waals surface area contributed by atoms with E-state index in [4.69, 9.17) is 0 Å². The molecular weight excluding hydrogens is 542 g/mol. The maximum absolute atomic E-state index is 14.5. The summed E-state index contributed by atoms with van der Waals surface area (Å²) in [6.07, 6.45) is 9.92. The van der Waals surface area contributed by atoms with Gasteiger partial charge in [0.1, 0.15) is 6.04 Å². The Hall–Kier alpha value is -1.32. The normalized spacial score (nSPS) is 34.4. The fourth-order valence-corrected chi connectivity index (χ4v) is 10.7. The number of carbonyl (C=O) groups is 3. The average molecular weight is 583 g/mol. The van der Waals surface area contributed by atoms with Crippen LogP contribution < -0.4 is 0 Å². The minimum Gasteiger partial charge on any atom is -0.394 e. The summed E-state index contributed by atoms with van der Waals surface area (Å²) in [5.74, 6) is -1.37. The summed E-state index contributed by atoms with van der Waals surface area (Å²) in [6, 6.07) is -1.03. The standard InChI is InChI=1S/C27H40BrN3O4S/c1-5-13-29(4)24(33)20-21-25(34)31(17(7-3)16-32)23(27(21)15-19(28)22(20)36-27)26(35)30(14-6-2)18-11-9-8-10-12-18/h5-6,17-23,32H,1-2,7-16H2,3-4H3/t17-,19?,20+,21-,22+,23?,27?/m0/s1. The number of aliphatic hydroxyl groups excluding tert-OH is 1. The van der Waals surface area contributed by atoms with Gasteiger partial charge in [0, 0.05) is 36.3 Å². The second-order valence-corrected chi connectivity index (χ2v) is 13.4. The Bertz CT molecular complexity index is 892. The molecule has 36 heavy (non-hydrogen) atoms. The topological polar surface area (TPSA) is 81.2 Å².